The monoisotopic (exact) mass is 274 g/mol. The molecule has 106 valence electrons. The molecule has 2 rings (SSSR count). The molecule has 0 unspecified atom stereocenters. The van der Waals surface area contributed by atoms with Crippen LogP contribution in [0.15, 0.2) is 30.7 Å². The molecule has 0 fully saturated rings. The number of rotatable bonds is 5. The Balaban J connectivity index is 2.13. The van der Waals surface area contributed by atoms with E-state index in [-0.39, 0.29) is 5.97 Å². The fourth-order valence-corrected chi connectivity index (χ4v) is 1.85. The van der Waals surface area contributed by atoms with Crippen LogP contribution >= 0.6 is 0 Å². The minimum absolute atomic E-state index is 0.302. The summed E-state index contributed by atoms with van der Waals surface area (Å²) in [7, 11) is 1.38. The summed E-state index contributed by atoms with van der Waals surface area (Å²) >= 11 is 0. The van der Waals surface area contributed by atoms with Crippen molar-refractivity contribution in [1.29, 1.82) is 0 Å². The highest BCUT2D eigenvalue weighted by atomic mass is 16.5. The van der Waals surface area contributed by atoms with Crippen LogP contribution in [0.1, 0.15) is 19.4 Å². The van der Waals surface area contributed by atoms with Gasteiger partial charge in [0.25, 0.3) is 0 Å². The highest BCUT2D eigenvalue weighted by molar-refractivity contribution is 5.79. The van der Waals surface area contributed by atoms with Gasteiger partial charge in [-0.3, -0.25) is 20.2 Å². The molecule has 20 heavy (non-hydrogen) atoms. The summed E-state index contributed by atoms with van der Waals surface area (Å²) in [4.78, 5) is 15.7. The number of nitrogens with zero attached hydrogens (tertiary/aromatic N) is 2. The first-order valence-electron chi connectivity index (χ1n) is 6.30. The van der Waals surface area contributed by atoms with Gasteiger partial charge >= 0.3 is 5.97 Å². The zero-order chi connectivity index (χ0) is 14.6. The van der Waals surface area contributed by atoms with Gasteiger partial charge in [-0.2, -0.15) is 5.10 Å². The van der Waals surface area contributed by atoms with Gasteiger partial charge < -0.3 is 4.74 Å². The Morgan fingerprint density at radius 1 is 1.45 bits per heavy atom. The Morgan fingerprint density at radius 3 is 2.90 bits per heavy atom. The number of pyridine rings is 1. The smallest absolute Gasteiger partial charge is 0.325 e. The number of methoxy groups -OCH3 is 1. The molecule has 0 aromatic carbocycles. The third-order valence-corrected chi connectivity index (χ3v) is 3.08. The van der Waals surface area contributed by atoms with Crippen molar-refractivity contribution in [3.05, 3.63) is 36.3 Å². The minimum Gasteiger partial charge on any atom is -0.468 e. The third kappa shape index (κ3) is 3.03. The largest absolute Gasteiger partial charge is 0.468 e. The molecular formula is C14H18N4O2. The van der Waals surface area contributed by atoms with E-state index in [0.29, 0.717) is 6.54 Å². The van der Waals surface area contributed by atoms with Crippen LogP contribution in [0.25, 0.3) is 11.3 Å². The molecule has 2 N–H and O–H groups in total. The van der Waals surface area contributed by atoms with Crippen molar-refractivity contribution >= 4 is 5.97 Å². The number of nitrogens with one attached hydrogen (secondary N) is 2. The van der Waals surface area contributed by atoms with Gasteiger partial charge in [0.2, 0.25) is 0 Å². The molecule has 6 heteroatoms. The number of carbonyl (C=O) groups is 1. The van der Waals surface area contributed by atoms with Crippen molar-refractivity contribution in [3.63, 3.8) is 0 Å². The summed E-state index contributed by atoms with van der Waals surface area (Å²) in [6, 6.07) is 3.82. The van der Waals surface area contributed by atoms with E-state index < -0.39 is 5.54 Å². The Hall–Kier alpha value is -2.21. The van der Waals surface area contributed by atoms with E-state index in [2.05, 4.69) is 20.5 Å². The van der Waals surface area contributed by atoms with Crippen LogP contribution in [0.4, 0.5) is 0 Å². The molecule has 0 saturated carbocycles. The lowest BCUT2D eigenvalue weighted by Gasteiger charge is -2.23. The van der Waals surface area contributed by atoms with E-state index in [1.54, 1.807) is 32.4 Å². The number of esters is 1. The number of H-pyrrole nitrogens is 1. The van der Waals surface area contributed by atoms with Crippen LogP contribution in [0, 0.1) is 0 Å². The topological polar surface area (TPSA) is 79.9 Å². The summed E-state index contributed by atoms with van der Waals surface area (Å²) in [6.07, 6.45) is 5.23. The average molecular weight is 274 g/mol. The second-order valence-corrected chi connectivity index (χ2v) is 4.98. The van der Waals surface area contributed by atoms with E-state index >= 15 is 0 Å². The SMILES string of the molecule is COC(=O)C(C)(C)NCc1cn[nH]c1-c1cccnc1. The fourth-order valence-electron chi connectivity index (χ4n) is 1.85. The lowest BCUT2D eigenvalue weighted by molar-refractivity contribution is -0.147. The Labute approximate surface area is 117 Å². The van der Waals surface area contributed by atoms with Gasteiger partial charge in [0.05, 0.1) is 19.0 Å². The van der Waals surface area contributed by atoms with Crippen LogP contribution < -0.4 is 5.32 Å². The minimum atomic E-state index is -0.752. The van der Waals surface area contributed by atoms with Crippen LogP contribution in [-0.4, -0.2) is 33.8 Å². The lowest BCUT2D eigenvalue weighted by Crippen LogP contribution is -2.46. The van der Waals surface area contributed by atoms with Crippen molar-refractivity contribution < 1.29 is 9.53 Å². The predicted octanol–water partition coefficient (Wildman–Crippen LogP) is 1.51. The quantitative estimate of drug-likeness (QED) is 0.808. The van der Waals surface area contributed by atoms with Crippen molar-refractivity contribution in [2.75, 3.05) is 7.11 Å². The number of aromatic nitrogens is 3. The molecule has 2 heterocycles. The molecule has 0 saturated heterocycles. The number of carbonyl (C=O) groups excluding carboxylic acids is 1. The van der Waals surface area contributed by atoms with Crippen LogP contribution in [0.5, 0.6) is 0 Å². The van der Waals surface area contributed by atoms with E-state index in [4.69, 9.17) is 4.74 Å². The molecule has 0 radical (unpaired) electrons. The van der Waals surface area contributed by atoms with E-state index in [1.165, 1.54) is 7.11 Å². The molecule has 0 aliphatic carbocycles. The summed E-state index contributed by atoms with van der Waals surface area (Å²) in [5.74, 6) is -0.302. The fraction of sp³-hybridized carbons (Fsp3) is 0.357. The van der Waals surface area contributed by atoms with Gasteiger partial charge in [0.15, 0.2) is 0 Å². The maximum Gasteiger partial charge on any atom is 0.325 e. The Kier molecular flexibility index (Phi) is 4.14. The molecule has 2 aromatic rings. The van der Waals surface area contributed by atoms with Crippen LogP contribution in [0.3, 0.4) is 0 Å². The maximum atomic E-state index is 11.6. The number of hydrogen-bond donors (Lipinski definition) is 2. The number of aromatic amines is 1. The standard InChI is InChI=1S/C14H18N4O2/c1-14(2,13(19)20-3)16-8-11-9-17-18-12(11)10-5-4-6-15-7-10/h4-7,9,16H,8H2,1-3H3,(H,17,18). The summed E-state index contributed by atoms with van der Waals surface area (Å²) < 4.78 is 4.76. The maximum absolute atomic E-state index is 11.6. The third-order valence-electron chi connectivity index (χ3n) is 3.08. The van der Waals surface area contributed by atoms with Crippen molar-refractivity contribution in [1.82, 2.24) is 20.5 Å². The number of hydrogen-bond acceptors (Lipinski definition) is 5. The van der Waals surface area contributed by atoms with Crippen molar-refractivity contribution in [2.24, 2.45) is 0 Å². The number of ether oxygens (including phenoxy) is 1. The molecule has 6 nitrogen and oxygen atoms in total. The molecule has 0 amide bonds. The van der Waals surface area contributed by atoms with Gasteiger partial charge in [-0.25, -0.2) is 0 Å². The molecule has 0 bridgehead atoms. The van der Waals surface area contributed by atoms with Gasteiger partial charge in [-0.15, -0.1) is 0 Å². The second-order valence-electron chi connectivity index (χ2n) is 4.98. The highest BCUT2D eigenvalue weighted by Crippen LogP contribution is 2.20. The molecule has 0 aliphatic rings. The first-order chi connectivity index (χ1) is 9.54. The van der Waals surface area contributed by atoms with Crippen molar-refractivity contribution in [2.45, 2.75) is 25.9 Å². The van der Waals surface area contributed by atoms with Gasteiger partial charge in [-0.1, -0.05) is 0 Å². The average Bonchev–Trinajstić information content (AvgIpc) is 2.93. The van der Waals surface area contributed by atoms with Gasteiger partial charge in [0.1, 0.15) is 5.54 Å². The van der Waals surface area contributed by atoms with E-state index in [1.807, 2.05) is 12.1 Å². The first-order valence-corrected chi connectivity index (χ1v) is 6.30. The summed E-state index contributed by atoms with van der Waals surface area (Å²) in [5.41, 5.74) is 2.07. The van der Waals surface area contributed by atoms with E-state index in [9.17, 15) is 4.79 Å². The first kappa shape index (κ1) is 14.2. The molecule has 0 spiro atoms. The zero-order valence-electron chi connectivity index (χ0n) is 11.8. The molecule has 0 atom stereocenters. The summed E-state index contributed by atoms with van der Waals surface area (Å²) in [6.45, 7) is 4.06. The second kappa shape index (κ2) is 5.83. The molecule has 0 aliphatic heterocycles. The molecular weight excluding hydrogens is 256 g/mol. The Morgan fingerprint density at radius 2 is 2.25 bits per heavy atom. The van der Waals surface area contributed by atoms with E-state index in [0.717, 1.165) is 16.8 Å². The van der Waals surface area contributed by atoms with Crippen LogP contribution in [-0.2, 0) is 16.1 Å². The lowest BCUT2D eigenvalue weighted by atomic mass is 10.0. The van der Waals surface area contributed by atoms with Crippen LogP contribution in [0.2, 0.25) is 0 Å². The van der Waals surface area contributed by atoms with Gasteiger partial charge in [-0.05, 0) is 26.0 Å². The predicted molar refractivity (Wildman–Crippen MR) is 74.8 cm³/mol. The Bertz CT molecular complexity index is 578. The zero-order valence-corrected chi connectivity index (χ0v) is 11.8. The van der Waals surface area contributed by atoms with Gasteiger partial charge in [0, 0.05) is 30.1 Å². The van der Waals surface area contributed by atoms with Crippen molar-refractivity contribution in [3.8, 4) is 11.3 Å². The molecule has 2 aromatic heterocycles. The highest BCUT2D eigenvalue weighted by Gasteiger charge is 2.28. The normalized spacial score (nSPS) is 11.3. The summed E-state index contributed by atoms with van der Waals surface area (Å²) in [5, 5.41) is 10.2.